The number of thiophene rings is 1. The Morgan fingerprint density at radius 3 is 2.77 bits per heavy atom. The van der Waals surface area contributed by atoms with Crippen molar-refractivity contribution in [1.29, 1.82) is 0 Å². The molecule has 1 atom stereocenters. The first kappa shape index (κ1) is 16.7. The van der Waals surface area contributed by atoms with Gasteiger partial charge in [0.25, 0.3) is 5.91 Å². The third-order valence-electron chi connectivity index (χ3n) is 4.39. The van der Waals surface area contributed by atoms with Crippen LogP contribution in [0.4, 0.5) is 10.2 Å². The molecule has 26 heavy (non-hydrogen) atoms. The highest BCUT2D eigenvalue weighted by atomic mass is 32.1. The second kappa shape index (κ2) is 7.21. The predicted octanol–water partition coefficient (Wildman–Crippen LogP) is 3.35. The van der Waals surface area contributed by atoms with Gasteiger partial charge in [-0.15, -0.1) is 21.5 Å². The van der Waals surface area contributed by atoms with E-state index < -0.39 is 0 Å². The second-order valence-electron chi connectivity index (χ2n) is 6.14. The minimum Gasteiger partial charge on any atom is -0.353 e. The first-order chi connectivity index (χ1) is 12.7. The van der Waals surface area contributed by atoms with Gasteiger partial charge < -0.3 is 10.2 Å². The molecule has 0 aliphatic carbocycles. The van der Waals surface area contributed by atoms with Crippen LogP contribution in [0.3, 0.4) is 0 Å². The summed E-state index contributed by atoms with van der Waals surface area (Å²) in [5.74, 6) is 0.387. The molecule has 1 aliphatic heterocycles. The van der Waals surface area contributed by atoms with Crippen molar-refractivity contribution in [3.8, 4) is 11.3 Å². The minimum absolute atomic E-state index is 0.0344. The van der Waals surface area contributed by atoms with Crippen LogP contribution in [0.2, 0.25) is 0 Å². The van der Waals surface area contributed by atoms with E-state index in [4.69, 9.17) is 0 Å². The van der Waals surface area contributed by atoms with Gasteiger partial charge in [0, 0.05) is 24.7 Å². The Balaban J connectivity index is 1.41. The molecule has 5 nitrogen and oxygen atoms in total. The van der Waals surface area contributed by atoms with Crippen LogP contribution in [-0.4, -0.2) is 35.2 Å². The molecule has 1 saturated heterocycles. The summed E-state index contributed by atoms with van der Waals surface area (Å²) < 4.78 is 13.8. The molecule has 0 saturated carbocycles. The molecule has 0 spiro atoms. The summed E-state index contributed by atoms with van der Waals surface area (Å²) in [7, 11) is 0. The summed E-state index contributed by atoms with van der Waals surface area (Å²) in [6.45, 7) is 1.48. The Hall–Kier alpha value is -2.80. The molecule has 4 rings (SSSR count). The van der Waals surface area contributed by atoms with Gasteiger partial charge >= 0.3 is 0 Å². The van der Waals surface area contributed by atoms with Crippen molar-refractivity contribution in [3.63, 3.8) is 0 Å². The summed E-state index contributed by atoms with van der Waals surface area (Å²) in [6, 6.07) is 13.9. The fraction of sp³-hybridized carbons (Fsp3) is 0.211. The average molecular weight is 368 g/mol. The van der Waals surface area contributed by atoms with E-state index in [1.54, 1.807) is 24.3 Å². The zero-order valence-corrected chi connectivity index (χ0v) is 14.7. The lowest BCUT2D eigenvalue weighted by Crippen LogP contribution is -2.36. The SMILES string of the molecule is O=C(N[C@H]1CCN(c2ccc(-c3ccccc3F)nn2)C1)c1cccs1. The lowest BCUT2D eigenvalue weighted by Gasteiger charge is -2.17. The summed E-state index contributed by atoms with van der Waals surface area (Å²) >= 11 is 1.43. The van der Waals surface area contributed by atoms with Crippen molar-refractivity contribution in [2.75, 3.05) is 18.0 Å². The monoisotopic (exact) mass is 368 g/mol. The molecular weight excluding hydrogens is 351 g/mol. The quantitative estimate of drug-likeness (QED) is 0.767. The molecule has 1 aliphatic rings. The van der Waals surface area contributed by atoms with E-state index in [0.29, 0.717) is 17.8 Å². The number of hydrogen-bond acceptors (Lipinski definition) is 5. The van der Waals surface area contributed by atoms with Gasteiger partial charge in [0.2, 0.25) is 0 Å². The maximum Gasteiger partial charge on any atom is 0.261 e. The maximum atomic E-state index is 13.8. The molecular formula is C19H17FN4OS. The van der Waals surface area contributed by atoms with Crippen molar-refractivity contribution in [3.05, 3.63) is 64.6 Å². The molecule has 0 bridgehead atoms. The highest BCUT2D eigenvalue weighted by Gasteiger charge is 2.25. The fourth-order valence-electron chi connectivity index (χ4n) is 3.06. The molecule has 3 aromatic rings. The van der Waals surface area contributed by atoms with Gasteiger partial charge in [-0.05, 0) is 42.1 Å². The van der Waals surface area contributed by atoms with Crippen molar-refractivity contribution in [2.45, 2.75) is 12.5 Å². The standard InChI is InChI=1S/C19H17FN4OS/c20-15-5-2-1-4-14(15)16-7-8-18(23-22-16)24-10-9-13(12-24)21-19(25)17-6-3-11-26-17/h1-8,11,13H,9-10,12H2,(H,21,25)/t13-/m0/s1. The smallest absolute Gasteiger partial charge is 0.261 e. The van der Waals surface area contributed by atoms with Crippen LogP contribution < -0.4 is 10.2 Å². The number of halogens is 1. The molecule has 1 N–H and O–H groups in total. The first-order valence-corrected chi connectivity index (χ1v) is 9.26. The number of anilines is 1. The number of benzene rings is 1. The molecule has 2 aromatic heterocycles. The van der Waals surface area contributed by atoms with Crippen molar-refractivity contribution < 1.29 is 9.18 Å². The predicted molar refractivity (Wildman–Crippen MR) is 99.8 cm³/mol. The van der Waals surface area contributed by atoms with Gasteiger partial charge in [0.05, 0.1) is 10.6 Å². The van der Waals surface area contributed by atoms with Gasteiger partial charge in [-0.25, -0.2) is 4.39 Å². The Morgan fingerprint density at radius 1 is 1.15 bits per heavy atom. The molecule has 1 amide bonds. The Labute approximate surface area is 154 Å². The average Bonchev–Trinajstić information content (AvgIpc) is 3.34. The summed E-state index contributed by atoms with van der Waals surface area (Å²) in [5.41, 5.74) is 0.947. The van der Waals surface area contributed by atoms with Crippen LogP contribution >= 0.6 is 11.3 Å². The van der Waals surface area contributed by atoms with Crippen LogP contribution in [0, 0.1) is 5.82 Å². The van der Waals surface area contributed by atoms with E-state index >= 15 is 0 Å². The molecule has 132 valence electrons. The molecule has 0 radical (unpaired) electrons. The number of aromatic nitrogens is 2. The molecule has 1 aromatic carbocycles. The molecule has 1 fully saturated rings. The van der Waals surface area contributed by atoms with Gasteiger partial charge in [-0.3, -0.25) is 4.79 Å². The third kappa shape index (κ3) is 3.43. The highest BCUT2D eigenvalue weighted by Crippen LogP contribution is 2.23. The van der Waals surface area contributed by atoms with Crippen LogP contribution in [0.25, 0.3) is 11.3 Å². The number of rotatable bonds is 4. The largest absolute Gasteiger partial charge is 0.353 e. The van der Waals surface area contributed by atoms with Crippen LogP contribution in [0.5, 0.6) is 0 Å². The van der Waals surface area contributed by atoms with Gasteiger partial charge in [0.1, 0.15) is 5.82 Å². The fourth-order valence-corrected chi connectivity index (χ4v) is 3.68. The number of carbonyl (C=O) groups excluding carboxylic acids is 1. The number of nitrogens with one attached hydrogen (secondary N) is 1. The Morgan fingerprint density at radius 2 is 2.04 bits per heavy atom. The summed E-state index contributed by atoms with van der Waals surface area (Å²) in [4.78, 5) is 15.0. The first-order valence-electron chi connectivity index (χ1n) is 8.38. The van der Waals surface area contributed by atoms with Gasteiger partial charge in [-0.2, -0.15) is 0 Å². The minimum atomic E-state index is -0.313. The third-order valence-corrected chi connectivity index (χ3v) is 5.26. The molecule has 7 heteroatoms. The van der Waals surface area contributed by atoms with Gasteiger partial charge in [0.15, 0.2) is 5.82 Å². The van der Waals surface area contributed by atoms with E-state index in [-0.39, 0.29) is 17.8 Å². The van der Waals surface area contributed by atoms with Gasteiger partial charge in [-0.1, -0.05) is 18.2 Å². The van der Waals surface area contributed by atoms with Crippen LogP contribution in [0.15, 0.2) is 53.9 Å². The Bertz CT molecular complexity index is 898. The highest BCUT2D eigenvalue weighted by molar-refractivity contribution is 7.12. The summed E-state index contributed by atoms with van der Waals surface area (Å²) in [5, 5.41) is 13.4. The second-order valence-corrected chi connectivity index (χ2v) is 7.09. The van der Waals surface area contributed by atoms with Crippen molar-refractivity contribution in [2.24, 2.45) is 0 Å². The lowest BCUT2D eigenvalue weighted by molar-refractivity contribution is 0.0944. The van der Waals surface area contributed by atoms with E-state index in [0.717, 1.165) is 23.7 Å². The normalized spacial score (nSPS) is 16.7. The maximum absolute atomic E-state index is 13.8. The van der Waals surface area contributed by atoms with E-state index in [2.05, 4.69) is 20.4 Å². The Kier molecular flexibility index (Phi) is 4.62. The zero-order valence-electron chi connectivity index (χ0n) is 13.9. The molecule has 0 unspecified atom stereocenters. The molecule has 3 heterocycles. The van der Waals surface area contributed by atoms with E-state index in [1.807, 2.05) is 23.6 Å². The number of nitrogens with zero attached hydrogens (tertiary/aromatic N) is 3. The zero-order chi connectivity index (χ0) is 17.9. The topological polar surface area (TPSA) is 58.1 Å². The number of carbonyl (C=O) groups is 1. The van der Waals surface area contributed by atoms with Crippen molar-refractivity contribution in [1.82, 2.24) is 15.5 Å². The lowest BCUT2D eigenvalue weighted by atomic mass is 10.1. The van der Waals surface area contributed by atoms with Crippen molar-refractivity contribution >= 4 is 23.1 Å². The number of amides is 1. The summed E-state index contributed by atoms with van der Waals surface area (Å²) in [6.07, 6.45) is 0.855. The van der Waals surface area contributed by atoms with E-state index in [9.17, 15) is 9.18 Å². The van der Waals surface area contributed by atoms with E-state index in [1.165, 1.54) is 17.4 Å². The van der Waals surface area contributed by atoms with Crippen LogP contribution in [0.1, 0.15) is 16.1 Å². The number of hydrogen-bond donors (Lipinski definition) is 1. The van der Waals surface area contributed by atoms with Crippen LogP contribution in [-0.2, 0) is 0 Å².